The molecule has 2 heterocycles. The molecule has 0 bridgehead atoms. The normalized spacial score (nSPS) is 11.7. The van der Waals surface area contributed by atoms with Crippen LogP contribution in [-0.2, 0) is 0 Å². The lowest BCUT2D eigenvalue weighted by Gasteiger charge is -2.11. The predicted molar refractivity (Wildman–Crippen MR) is 159 cm³/mol. The van der Waals surface area contributed by atoms with Gasteiger partial charge < -0.3 is 8.98 Å². The van der Waals surface area contributed by atoms with Crippen LogP contribution in [0, 0.1) is 0 Å². The van der Waals surface area contributed by atoms with Crippen LogP contribution in [0.5, 0.6) is 0 Å². The van der Waals surface area contributed by atoms with Crippen LogP contribution in [0.15, 0.2) is 144 Å². The van der Waals surface area contributed by atoms with Crippen LogP contribution in [0.2, 0.25) is 0 Å². The van der Waals surface area contributed by atoms with Crippen LogP contribution in [-0.4, -0.2) is 4.57 Å². The third-order valence-corrected chi connectivity index (χ3v) is 7.59. The molecule has 2 nitrogen and oxygen atoms in total. The van der Waals surface area contributed by atoms with Crippen LogP contribution in [0.25, 0.3) is 71.7 Å². The van der Waals surface area contributed by atoms with Crippen molar-refractivity contribution in [1.82, 2.24) is 4.57 Å². The van der Waals surface area contributed by atoms with Gasteiger partial charge in [-0.05, 0) is 70.8 Å². The fourth-order valence-electron chi connectivity index (χ4n) is 5.81. The highest BCUT2D eigenvalue weighted by atomic mass is 16.3. The van der Waals surface area contributed by atoms with Gasteiger partial charge in [0.15, 0.2) is 0 Å². The lowest BCUT2D eigenvalue weighted by molar-refractivity contribution is 0.669. The Bertz CT molecular complexity index is 2090. The molecule has 0 aliphatic heterocycles. The fraction of sp³-hybridized carbons (Fsp3) is 0. The first kappa shape index (κ1) is 21.0. The zero-order valence-electron chi connectivity index (χ0n) is 20.6. The molecule has 0 N–H and O–H groups in total. The Hall–Kier alpha value is -5.08. The number of aromatic nitrogens is 1. The van der Waals surface area contributed by atoms with Crippen molar-refractivity contribution in [3.8, 4) is 27.9 Å². The van der Waals surface area contributed by atoms with Gasteiger partial charge in [0.05, 0.1) is 11.0 Å². The standard InChI is InChI=1S/C36H23NO/c1-4-16-33-29(13-1)30-14-2-5-17-34(30)37(33)28-12-8-11-26(22-28)24-9-7-10-25(21-24)27-19-20-36-32(23-27)31-15-3-6-18-35(31)38-36/h1-23H. The van der Waals surface area contributed by atoms with Crippen molar-refractivity contribution in [2.24, 2.45) is 0 Å². The van der Waals surface area contributed by atoms with Gasteiger partial charge in [0.1, 0.15) is 11.2 Å². The molecule has 2 heteroatoms. The summed E-state index contributed by atoms with van der Waals surface area (Å²) in [4.78, 5) is 0. The maximum atomic E-state index is 6.04. The molecule has 0 saturated heterocycles. The highest BCUT2D eigenvalue weighted by molar-refractivity contribution is 6.09. The molecule has 0 amide bonds. The first-order chi connectivity index (χ1) is 18.8. The maximum Gasteiger partial charge on any atom is 0.135 e. The van der Waals surface area contributed by atoms with Crippen molar-refractivity contribution in [2.45, 2.75) is 0 Å². The third kappa shape index (κ3) is 3.21. The molecule has 0 radical (unpaired) electrons. The smallest absolute Gasteiger partial charge is 0.135 e. The molecule has 6 aromatic carbocycles. The van der Waals surface area contributed by atoms with E-state index in [0.717, 1.165) is 27.6 Å². The molecule has 0 aliphatic carbocycles. The molecule has 2 aromatic heterocycles. The zero-order valence-corrected chi connectivity index (χ0v) is 20.6. The second-order valence-electron chi connectivity index (χ2n) is 9.81. The van der Waals surface area contributed by atoms with Crippen molar-refractivity contribution in [3.63, 3.8) is 0 Å². The van der Waals surface area contributed by atoms with Crippen LogP contribution >= 0.6 is 0 Å². The van der Waals surface area contributed by atoms with Crippen molar-refractivity contribution >= 4 is 43.7 Å². The van der Waals surface area contributed by atoms with Gasteiger partial charge in [-0.1, -0.05) is 91.0 Å². The zero-order chi connectivity index (χ0) is 25.1. The average Bonchev–Trinajstić information content (AvgIpc) is 3.53. The van der Waals surface area contributed by atoms with Crippen molar-refractivity contribution in [3.05, 3.63) is 140 Å². The number of fused-ring (bicyclic) bond motifs is 6. The van der Waals surface area contributed by atoms with E-state index in [4.69, 9.17) is 4.42 Å². The monoisotopic (exact) mass is 485 g/mol. The largest absolute Gasteiger partial charge is 0.456 e. The summed E-state index contributed by atoms with van der Waals surface area (Å²) in [5.74, 6) is 0. The molecule has 0 atom stereocenters. The summed E-state index contributed by atoms with van der Waals surface area (Å²) in [6.45, 7) is 0. The predicted octanol–water partition coefficient (Wildman–Crippen LogP) is 10.0. The molecule has 0 saturated carbocycles. The topological polar surface area (TPSA) is 18.1 Å². The second-order valence-corrected chi connectivity index (χ2v) is 9.81. The van der Waals surface area contributed by atoms with Crippen LogP contribution in [0.1, 0.15) is 0 Å². The van der Waals surface area contributed by atoms with Crippen molar-refractivity contribution in [1.29, 1.82) is 0 Å². The Morgan fingerprint density at radius 1 is 0.368 bits per heavy atom. The van der Waals surface area contributed by atoms with Crippen LogP contribution < -0.4 is 0 Å². The van der Waals surface area contributed by atoms with Crippen molar-refractivity contribution in [2.75, 3.05) is 0 Å². The Kier molecular flexibility index (Phi) is 4.55. The number of benzene rings is 6. The van der Waals surface area contributed by atoms with E-state index in [1.54, 1.807) is 0 Å². The molecular formula is C36H23NO. The fourth-order valence-corrected chi connectivity index (χ4v) is 5.81. The quantitative estimate of drug-likeness (QED) is 0.243. The number of rotatable bonds is 3. The van der Waals surface area contributed by atoms with Gasteiger partial charge in [0.25, 0.3) is 0 Å². The first-order valence-electron chi connectivity index (χ1n) is 12.9. The molecule has 0 fully saturated rings. The highest BCUT2D eigenvalue weighted by Crippen LogP contribution is 2.35. The number of nitrogens with zero attached hydrogens (tertiary/aromatic N) is 1. The SMILES string of the molecule is c1cc(-c2cccc(-n3c4ccccc4c4ccccc43)c2)cc(-c2ccc3oc4ccccc4c3c2)c1. The molecule has 178 valence electrons. The van der Waals surface area contributed by atoms with Crippen molar-refractivity contribution < 1.29 is 4.42 Å². The van der Waals surface area contributed by atoms with E-state index in [9.17, 15) is 0 Å². The van der Waals surface area contributed by atoms with Gasteiger partial charge in [-0.25, -0.2) is 0 Å². The van der Waals surface area contributed by atoms with E-state index >= 15 is 0 Å². The molecule has 8 aromatic rings. The minimum atomic E-state index is 0.921. The first-order valence-corrected chi connectivity index (χ1v) is 12.9. The van der Waals surface area contributed by atoms with Gasteiger partial charge in [-0.15, -0.1) is 0 Å². The summed E-state index contributed by atoms with van der Waals surface area (Å²) in [7, 11) is 0. The van der Waals surface area contributed by atoms with E-state index in [0.29, 0.717) is 0 Å². The number of hydrogen-bond donors (Lipinski definition) is 0. The van der Waals surface area contributed by atoms with Crippen LogP contribution in [0.4, 0.5) is 0 Å². The minimum absolute atomic E-state index is 0.921. The third-order valence-electron chi connectivity index (χ3n) is 7.59. The Morgan fingerprint density at radius 2 is 0.921 bits per heavy atom. The van der Waals surface area contributed by atoms with Gasteiger partial charge in [0, 0.05) is 27.2 Å². The summed E-state index contributed by atoms with van der Waals surface area (Å²) in [5, 5.41) is 4.85. The number of para-hydroxylation sites is 3. The Morgan fingerprint density at radius 3 is 1.66 bits per heavy atom. The van der Waals surface area contributed by atoms with Gasteiger partial charge in [-0.2, -0.15) is 0 Å². The second kappa shape index (κ2) is 8.22. The lowest BCUT2D eigenvalue weighted by Crippen LogP contribution is -1.94. The summed E-state index contributed by atoms with van der Waals surface area (Å²) < 4.78 is 8.41. The molecule has 0 aliphatic rings. The number of furan rings is 1. The molecular weight excluding hydrogens is 462 g/mol. The van der Waals surface area contributed by atoms with E-state index in [2.05, 4.69) is 132 Å². The van der Waals surface area contributed by atoms with E-state index in [-0.39, 0.29) is 0 Å². The summed E-state index contributed by atoms with van der Waals surface area (Å²) in [6.07, 6.45) is 0. The average molecular weight is 486 g/mol. The van der Waals surface area contributed by atoms with E-state index in [1.165, 1.54) is 44.1 Å². The lowest BCUT2D eigenvalue weighted by atomic mass is 9.97. The molecule has 0 unspecified atom stereocenters. The van der Waals surface area contributed by atoms with E-state index < -0.39 is 0 Å². The van der Waals surface area contributed by atoms with Gasteiger partial charge in [0.2, 0.25) is 0 Å². The molecule has 0 spiro atoms. The molecule has 8 rings (SSSR count). The summed E-state index contributed by atoms with van der Waals surface area (Å²) in [6, 6.07) is 49.7. The number of hydrogen-bond acceptors (Lipinski definition) is 1. The minimum Gasteiger partial charge on any atom is -0.456 e. The summed E-state index contributed by atoms with van der Waals surface area (Å²) >= 11 is 0. The maximum absolute atomic E-state index is 6.04. The van der Waals surface area contributed by atoms with Gasteiger partial charge in [-0.3, -0.25) is 0 Å². The Balaban J connectivity index is 1.25. The van der Waals surface area contributed by atoms with Gasteiger partial charge >= 0.3 is 0 Å². The van der Waals surface area contributed by atoms with Crippen LogP contribution in [0.3, 0.4) is 0 Å². The highest BCUT2D eigenvalue weighted by Gasteiger charge is 2.13. The summed E-state index contributed by atoms with van der Waals surface area (Å²) in [5.41, 5.74) is 10.2. The molecule has 38 heavy (non-hydrogen) atoms. The van der Waals surface area contributed by atoms with E-state index in [1.807, 2.05) is 12.1 Å². The Labute approximate surface area is 220 Å².